The predicted molar refractivity (Wildman–Crippen MR) is 57.3 cm³/mol. The van der Waals surface area contributed by atoms with Crippen molar-refractivity contribution in [3.8, 4) is 0 Å². The molecular weight excluding hydrogens is 212 g/mol. The molecule has 0 bridgehead atoms. The smallest absolute Gasteiger partial charge is 0.288 e. The molecule has 0 heterocycles. The van der Waals surface area contributed by atoms with Gasteiger partial charge in [0.15, 0.2) is 0 Å². The third-order valence-corrected chi connectivity index (χ3v) is 2.08. The summed E-state index contributed by atoms with van der Waals surface area (Å²) in [6.07, 6.45) is 0.153. The van der Waals surface area contributed by atoms with Crippen molar-refractivity contribution >= 4 is 23.6 Å². The number of non-ortho nitro benzene ring substituents is 1. The molecule has 1 aromatic rings. The molecule has 1 rings (SSSR count). The van der Waals surface area contributed by atoms with Gasteiger partial charge < -0.3 is 5.32 Å². The van der Waals surface area contributed by atoms with Crippen molar-refractivity contribution in [3.05, 3.63) is 33.4 Å². The van der Waals surface area contributed by atoms with Gasteiger partial charge in [0.2, 0.25) is 6.29 Å². The predicted octanol–water partition coefficient (Wildman–Crippen LogP) is 1.35. The van der Waals surface area contributed by atoms with E-state index in [-0.39, 0.29) is 12.0 Å². The van der Waals surface area contributed by atoms with Gasteiger partial charge in [-0.05, 0) is 25.0 Å². The Morgan fingerprint density at radius 3 is 2.25 bits per heavy atom. The number of nitrogens with zero attached hydrogens (tertiary/aromatic N) is 1. The first-order valence-corrected chi connectivity index (χ1v) is 4.47. The standard InChI is InChI=1S/C10H10N2O4/c1-6-3-8(12(15)16)4-7(2)10(6)11-9(14)5-13/h3-5H,1-2H3,(H,11,14). The van der Waals surface area contributed by atoms with Crippen LogP contribution < -0.4 is 5.32 Å². The molecule has 1 aromatic carbocycles. The normalized spacial score (nSPS) is 9.62. The summed E-state index contributed by atoms with van der Waals surface area (Å²) in [6, 6.07) is 2.68. The number of nitro benzene ring substituents is 1. The van der Waals surface area contributed by atoms with Crippen molar-refractivity contribution in [1.82, 2.24) is 0 Å². The molecule has 0 aliphatic heterocycles. The topological polar surface area (TPSA) is 89.3 Å². The Hall–Kier alpha value is -2.24. The van der Waals surface area contributed by atoms with Crippen molar-refractivity contribution in [2.24, 2.45) is 0 Å². The number of benzene rings is 1. The first kappa shape index (κ1) is 11.8. The van der Waals surface area contributed by atoms with E-state index in [1.54, 1.807) is 13.8 Å². The molecule has 84 valence electrons. The van der Waals surface area contributed by atoms with Crippen LogP contribution in [-0.4, -0.2) is 17.1 Å². The molecule has 0 radical (unpaired) electrons. The van der Waals surface area contributed by atoms with Crippen LogP contribution in [0.4, 0.5) is 11.4 Å². The number of anilines is 1. The number of aldehydes is 1. The van der Waals surface area contributed by atoms with E-state index in [9.17, 15) is 19.7 Å². The maximum atomic E-state index is 10.9. The first-order valence-electron chi connectivity index (χ1n) is 4.47. The van der Waals surface area contributed by atoms with Gasteiger partial charge in [0, 0.05) is 17.8 Å². The molecule has 6 heteroatoms. The summed E-state index contributed by atoms with van der Waals surface area (Å²) in [5.41, 5.74) is 1.48. The van der Waals surface area contributed by atoms with Gasteiger partial charge >= 0.3 is 0 Å². The van der Waals surface area contributed by atoms with E-state index in [4.69, 9.17) is 0 Å². The van der Waals surface area contributed by atoms with E-state index in [1.165, 1.54) is 12.1 Å². The molecule has 0 atom stereocenters. The Morgan fingerprint density at radius 1 is 1.38 bits per heavy atom. The Bertz CT molecular complexity index is 445. The molecule has 16 heavy (non-hydrogen) atoms. The molecule has 0 unspecified atom stereocenters. The lowest BCUT2D eigenvalue weighted by molar-refractivity contribution is -0.384. The fraction of sp³-hybridized carbons (Fsp3) is 0.200. The van der Waals surface area contributed by atoms with Crippen LogP contribution in [0.15, 0.2) is 12.1 Å². The average molecular weight is 222 g/mol. The minimum Gasteiger partial charge on any atom is -0.319 e. The second kappa shape index (κ2) is 4.52. The zero-order valence-electron chi connectivity index (χ0n) is 8.81. The lowest BCUT2D eigenvalue weighted by Crippen LogP contribution is -2.14. The lowest BCUT2D eigenvalue weighted by Gasteiger charge is -2.09. The quantitative estimate of drug-likeness (QED) is 0.361. The highest BCUT2D eigenvalue weighted by Gasteiger charge is 2.13. The van der Waals surface area contributed by atoms with Crippen LogP contribution in [0.5, 0.6) is 0 Å². The highest BCUT2D eigenvalue weighted by molar-refractivity contribution is 6.29. The van der Waals surface area contributed by atoms with E-state index in [0.29, 0.717) is 16.8 Å². The third kappa shape index (κ3) is 2.41. The van der Waals surface area contributed by atoms with Crippen molar-refractivity contribution in [2.45, 2.75) is 13.8 Å². The summed E-state index contributed by atoms with van der Waals surface area (Å²) < 4.78 is 0. The van der Waals surface area contributed by atoms with E-state index in [0.717, 1.165) is 0 Å². The summed E-state index contributed by atoms with van der Waals surface area (Å²) in [4.78, 5) is 31.1. The van der Waals surface area contributed by atoms with E-state index < -0.39 is 10.8 Å². The lowest BCUT2D eigenvalue weighted by atomic mass is 10.1. The van der Waals surface area contributed by atoms with Crippen LogP contribution in [0.3, 0.4) is 0 Å². The fourth-order valence-corrected chi connectivity index (χ4v) is 1.40. The van der Waals surface area contributed by atoms with Gasteiger partial charge in [-0.2, -0.15) is 0 Å². The van der Waals surface area contributed by atoms with Gasteiger partial charge in [0.1, 0.15) is 0 Å². The minimum absolute atomic E-state index is 0.0425. The molecule has 6 nitrogen and oxygen atoms in total. The summed E-state index contributed by atoms with van der Waals surface area (Å²) in [6.45, 7) is 3.25. The zero-order valence-corrected chi connectivity index (χ0v) is 8.81. The average Bonchev–Trinajstić information content (AvgIpc) is 2.22. The molecule has 0 fully saturated rings. The van der Waals surface area contributed by atoms with Crippen LogP contribution in [0, 0.1) is 24.0 Å². The van der Waals surface area contributed by atoms with Crippen LogP contribution in [-0.2, 0) is 9.59 Å². The number of aryl methyl sites for hydroxylation is 2. The van der Waals surface area contributed by atoms with E-state index in [1.807, 2.05) is 0 Å². The first-order chi connectivity index (χ1) is 7.45. The maximum absolute atomic E-state index is 10.9. The van der Waals surface area contributed by atoms with Gasteiger partial charge in [0.05, 0.1) is 4.92 Å². The summed E-state index contributed by atoms with van der Waals surface area (Å²) in [5.74, 6) is -0.778. The third-order valence-electron chi connectivity index (χ3n) is 2.08. The number of carbonyl (C=O) groups is 2. The van der Waals surface area contributed by atoms with Crippen molar-refractivity contribution in [1.29, 1.82) is 0 Å². The number of nitro groups is 1. The van der Waals surface area contributed by atoms with Gasteiger partial charge in [-0.1, -0.05) is 0 Å². The molecular formula is C10H10N2O4. The minimum atomic E-state index is -0.778. The fourth-order valence-electron chi connectivity index (χ4n) is 1.40. The SMILES string of the molecule is Cc1cc([N+](=O)[O-])cc(C)c1NC(=O)C=O. The maximum Gasteiger partial charge on any atom is 0.288 e. The number of carbonyl (C=O) groups excluding carboxylic acids is 2. The number of rotatable bonds is 3. The molecule has 0 aromatic heterocycles. The monoisotopic (exact) mass is 222 g/mol. The van der Waals surface area contributed by atoms with Crippen LogP contribution in [0.2, 0.25) is 0 Å². The van der Waals surface area contributed by atoms with E-state index in [2.05, 4.69) is 5.32 Å². The van der Waals surface area contributed by atoms with Crippen LogP contribution in [0.1, 0.15) is 11.1 Å². The Kier molecular flexibility index (Phi) is 3.34. The van der Waals surface area contributed by atoms with Crippen molar-refractivity contribution in [3.63, 3.8) is 0 Å². The molecule has 0 aliphatic carbocycles. The van der Waals surface area contributed by atoms with Gasteiger partial charge in [-0.15, -0.1) is 0 Å². The van der Waals surface area contributed by atoms with Crippen LogP contribution >= 0.6 is 0 Å². The van der Waals surface area contributed by atoms with Gasteiger partial charge in [-0.25, -0.2) is 0 Å². The number of hydrogen-bond donors (Lipinski definition) is 1. The second-order valence-corrected chi connectivity index (χ2v) is 3.32. The van der Waals surface area contributed by atoms with E-state index >= 15 is 0 Å². The number of nitrogens with one attached hydrogen (secondary N) is 1. The molecule has 0 saturated carbocycles. The Labute approximate surface area is 91.4 Å². The summed E-state index contributed by atoms with van der Waals surface area (Å²) in [7, 11) is 0. The summed E-state index contributed by atoms with van der Waals surface area (Å²) >= 11 is 0. The zero-order chi connectivity index (χ0) is 12.3. The van der Waals surface area contributed by atoms with Crippen molar-refractivity contribution < 1.29 is 14.5 Å². The highest BCUT2D eigenvalue weighted by atomic mass is 16.6. The highest BCUT2D eigenvalue weighted by Crippen LogP contribution is 2.25. The summed E-state index contributed by atoms with van der Waals surface area (Å²) in [5, 5.41) is 12.9. The van der Waals surface area contributed by atoms with Gasteiger partial charge in [-0.3, -0.25) is 19.7 Å². The molecule has 0 spiro atoms. The number of amides is 1. The van der Waals surface area contributed by atoms with Gasteiger partial charge in [0.25, 0.3) is 11.6 Å². The van der Waals surface area contributed by atoms with Crippen molar-refractivity contribution in [2.75, 3.05) is 5.32 Å². The van der Waals surface area contributed by atoms with Crippen LogP contribution in [0.25, 0.3) is 0 Å². The Morgan fingerprint density at radius 2 is 1.88 bits per heavy atom. The molecule has 0 aliphatic rings. The Balaban J connectivity index is 3.17. The largest absolute Gasteiger partial charge is 0.319 e. The molecule has 1 N–H and O–H groups in total. The molecule has 0 saturated heterocycles. The number of hydrogen-bond acceptors (Lipinski definition) is 4. The second-order valence-electron chi connectivity index (χ2n) is 3.32. The molecule has 1 amide bonds.